The minimum absolute atomic E-state index is 0.114. The van der Waals surface area contributed by atoms with Crippen LogP contribution in [0.5, 0.6) is 0 Å². The van der Waals surface area contributed by atoms with Gasteiger partial charge in [0.1, 0.15) is 12.3 Å². The SMILES string of the molecule is Cc1ccc(-c2nnn(CC(=O)N(Cc3cccs3)[C@@H](C(=O)NC3CCCC3)c3ccco3)n2)cc1. The topological polar surface area (TPSA) is 106 Å². The summed E-state index contributed by atoms with van der Waals surface area (Å²) in [6.45, 7) is 2.12. The van der Waals surface area contributed by atoms with Crippen molar-refractivity contribution in [1.82, 2.24) is 30.4 Å². The van der Waals surface area contributed by atoms with Crippen molar-refractivity contribution in [3.8, 4) is 11.4 Å². The number of tetrazole rings is 1. The van der Waals surface area contributed by atoms with Crippen LogP contribution in [0.4, 0.5) is 0 Å². The van der Waals surface area contributed by atoms with Crippen LogP contribution < -0.4 is 5.32 Å². The van der Waals surface area contributed by atoms with Gasteiger partial charge in [-0.05, 0) is 48.6 Å². The van der Waals surface area contributed by atoms with Gasteiger partial charge in [0.2, 0.25) is 11.7 Å². The fourth-order valence-corrected chi connectivity index (χ4v) is 5.16. The molecule has 0 spiro atoms. The zero-order valence-corrected chi connectivity index (χ0v) is 20.9. The van der Waals surface area contributed by atoms with Gasteiger partial charge in [-0.2, -0.15) is 4.80 Å². The number of carbonyl (C=O) groups is 2. The lowest BCUT2D eigenvalue weighted by atomic mass is 10.1. The molecule has 186 valence electrons. The lowest BCUT2D eigenvalue weighted by Crippen LogP contribution is -2.46. The Kier molecular flexibility index (Phi) is 7.22. The number of hydrogen-bond donors (Lipinski definition) is 1. The van der Waals surface area contributed by atoms with E-state index in [9.17, 15) is 9.59 Å². The van der Waals surface area contributed by atoms with Crippen LogP contribution in [0.1, 0.15) is 47.9 Å². The first kappa shape index (κ1) is 23.9. The Bertz CT molecular complexity index is 1280. The number of hydrogen-bond acceptors (Lipinski definition) is 7. The van der Waals surface area contributed by atoms with E-state index in [1.807, 2.05) is 48.7 Å². The first-order valence-corrected chi connectivity index (χ1v) is 13.0. The molecule has 10 heteroatoms. The van der Waals surface area contributed by atoms with Crippen LogP contribution in [-0.2, 0) is 22.7 Å². The van der Waals surface area contributed by atoms with Crippen LogP contribution in [0.2, 0.25) is 0 Å². The molecule has 9 nitrogen and oxygen atoms in total. The molecule has 0 unspecified atom stereocenters. The predicted molar refractivity (Wildman–Crippen MR) is 135 cm³/mol. The standard InChI is InChI=1S/C26H28N6O3S/c1-18-10-12-19(13-11-18)25-28-30-32(29-25)17-23(33)31(16-21-8-5-15-36-21)24(22-9-4-14-35-22)26(34)27-20-6-2-3-7-20/h4-5,8-15,20,24H,2-3,6-7,16-17H2,1H3,(H,27,34)/t24-/m1/s1. The highest BCUT2D eigenvalue weighted by molar-refractivity contribution is 7.09. The van der Waals surface area contributed by atoms with E-state index in [1.165, 1.54) is 22.4 Å². The summed E-state index contributed by atoms with van der Waals surface area (Å²) in [6.07, 6.45) is 5.59. The first-order valence-electron chi connectivity index (χ1n) is 12.1. The number of aromatic nitrogens is 4. The lowest BCUT2D eigenvalue weighted by Gasteiger charge is -2.30. The zero-order valence-electron chi connectivity index (χ0n) is 20.0. The Labute approximate surface area is 213 Å². The van der Waals surface area contributed by atoms with Gasteiger partial charge in [0.15, 0.2) is 6.04 Å². The van der Waals surface area contributed by atoms with Gasteiger partial charge in [0.05, 0.1) is 12.8 Å². The van der Waals surface area contributed by atoms with Gasteiger partial charge in [-0.15, -0.1) is 21.5 Å². The van der Waals surface area contributed by atoms with E-state index in [2.05, 4.69) is 20.7 Å². The van der Waals surface area contributed by atoms with Crippen LogP contribution in [0.15, 0.2) is 64.6 Å². The largest absolute Gasteiger partial charge is 0.467 e. The lowest BCUT2D eigenvalue weighted by molar-refractivity contribution is -0.143. The van der Waals surface area contributed by atoms with E-state index >= 15 is 0 Å². The molecule has 36 heavy (non-hydrogen) atoms. The molecule has 3 aromatic heterocycles. The summed E-state index contributed by atoms with van der Waals surface area (Å²) in [7, 11) is 0. The molecule has 1 aliphatic carbocycles. The normalized spacial score (nSPS) is 14.6. The fraction of sp³-hybridized carbons (Fsp3) is 0.346. The van der Waals surface area contributed by atoms with Gasteiger partial charge in [-0.25, -0.2) is 0 Å². The zero-order chi connectivity index (χ0) is 24.9. The first-order chi connectivity index (χ1) is 17.6. The molecule has 0 saturated heterocycles. The number of furan rings is 1. The molecule has 3 heterocycles. The van der Waals surface area contributed by atoms with E-state index < -0.39 is 6.04 Å². The van der Waals surface area contributed by atoms with E-state index in [4.69, 9.17) is 4.42 Å². The number of nitrogens with zero attached hydrogens (tertiary/aromatic N) is 5. The average molecular weight is 505 g/mol. The van der Waals surface area contributed by atoms with Crippen LogP contribution in [-0.4, -0.2) is 43.0 Å². The molecular weight excluding hydrogens is 476 g/mol. The van der Waals surface area contributed by atoms with E-state index in [-0.39, 0.29) is 30.9 Å². The van der Waals surface area contributed by atoms with Crippen LogP contribution in [0.25, 0.3) is 11.4 Å². The van der Waals surface area contributed by atoms with E-state index in [0.717, 1.165) is 41.7 Å². The Morgan fingerprint density at radius 2 is 1.97 bits per heavy atom. The van der Waals surface area contributed by atoms with Crippen molar-refractivity contribution in [2.45, 2.75) is 57.8 Å². The van der Waals surface area contributed by atoms with Crippen molar-refractivity contribution in [3.63, 3.8) is 0 Å². The molecule has 1 N–H and O–H groups in total. The summed E-state index contributed by atoms with van der Waals surface area (Å²) in [6, 6.07) is 14.3. The Morgan fingerprint density at radius 3 is 2.67 bits per heavy atom. The molecular formula is C26H28N6O3S. The highest BCUT2D eigenvalue weighted by Crippen LogP contribution is 2.27. The number of thiophene rings is 1. The maximum Gasteiger partial charge on any atom is 0.250 e. The second-order valence-corrected chi connectivity index (χ2v) is 10.1. The molecule has 0 aliphatic heterocycles. The number of rotatable bonds is 9. The molecule has 1 fully saturated rings. The van der Waals surface area contributed by atoms with Crippen molar-refractivity contribution in [1.29, 1.82) is 0 Å². The van der Waals surface area contributed by atoms with Gasteiger partial charge in [-0.3, -0.25) is 9.59 Å². The average Bonchev–Trinajstić information content (AvgIpc) is 3.68. The molecule has 2 amide bonds. The third-order valence-corrected chi connectivity index (χ3v) is 7.20. The number of carbonyl (C=O) groups excluding carboxylic acids is 2. The van der Waals surface area contributed by atoms with Crippen molar-refractivity contribution in [2.75, 3.05) is 0 Å². The minimum atomic E-state index is -0.907. The van der Waals surface area contributed by atoms with Gasteiger partial charge in [0.25, 0.3) is 5.91 Å². The van der Waals surface area contributed by atoms with Crippen LogP contribution in [0, 0.1) is 6.92 Å². The summed E-state index contributed by atoms with van der Waals surface area (Å²) in [4.78, 5) is 31.0. The van der Waals surface area contributed by atoms with Crippen molar-refractivity contribution < 1.29 is 14.0 Å². The van der Waals surface area contributed by atoms with E-state index in [0.29, 0.717) is 11.6 Å². The Morgan fingerprint density at radius 1 is 1.17 bits per heavy atom. The van der Waals surface area contributed by atoms with Crippen molar-refractivity contribution >= 4 is 23.2 Å². The van der Waals surface area contributed by atoms with Crippen LogP contribution >= 0.6 is 11.3 Å². The summed E-state index contributed by atoms with van der Waals surface area (Å²) in [5, 5.41) is 17.7. The number of amides is 2. The van der Waals surface area contributed by atoms with Gasteiger partial charge in [-0.1, -0.05) is 48.7 Å². The monoisotopic (exact) mass is 504 g/mol. The molecule has 1 aliphatic rings. The molecule has 4 aromatic rings. The highest BCUT2D eigenvalue weighted by Gasteiger charge is 2.35. The molecule has 1 atom stereocenters. The van der Waals surface area contributed by atoms with Gasteiger partial charge >= 0.3 is 0 Å². The smallest absolute Gasteiger partial charge is 0.250 e. The molecule has 1 saturated carbocycles. The van der Waals surface area contributed by atoms with Crippen molar-refractivity contribution in [2.24, 2.45) is 0 Å². The minimum Gasteiger partial charge on any atom is -0.467 e. The van der Waals surface area contributed by atoms with Gasteiger partial charge in [0, 0.05) is 16.5 Å². The maximum absolute atomic E-state index is 13.7. The van der Waals surface area contributed by atoms with E-state index in [1.54, 1.807) is 17.0 Å². The quantitative estimate of drug-likeness (QED) is 0.367. The molecule has 0 bridgehead atoms. The fourth-order valence-electron chi connectivity index (χ4n) is 4.46. The van der Waals surface area contributed by atoms with Crippen LogP contribution in [0.3, 0.4) is 0 Å². The highest BCUT2D eigenvalue weighted by atomic mass is 32.1. The number of aryl methyl sites for hydroxylation is 1. The summed E-state index contributed by atoms with van der Waals surface area (Å²) < 4.78 is 5.65. The third kappa shape index (κ3) is 5.54. The predicted octanol–water partition coefficient (Wildman–Crippen LogP) is 4.13. The summed E-state index contributed by atoms with van der Waals surface area (Å²) in [5.41, 5.74) is 1.95. The molecule has 1 aromatic carbocycles. The number of nitrogens with one attached hydrogen (secondary N) is 1. The second kappa shape index (κ2) is 10.9. The van der Waals surface area contributed by atoms with Gasteiger partial charge < -0.3 is 14.6 Å². The third-order valence-electron chi connectivity index (χ3n) is 6.34. The summed E-state index contributed by atoms with van der Waals surface area (Å²) in [5.74, 6) is 0.310. The summed E-state index contributed by atoms with van der Waals surface area (Å²) >= 11 is 1.53. The molecule has 5 rings (SSSR count). The van der Waals surface area contributed by atoms with Crippen molar-refractivity contribution in [3.05, 3.63) is 76.4 Å². The molecule has 0 radical (unpaired) electrons. The maximum atomic E-state index is 13.7. The Hall–Kier alpha value is -3.79. The Balaban J connectivity index is 1.41. The number of benzene rings is 1. The second-order valence-electron chi connectivity index (χ2n) is 9.02.